The Hall–Kier alpha value is -6.16. The van der Waals surface area contributed by atoms with E-state index in [1.165, 1.54) is 120 Å². The van der Waals surface area contributed by atoms with E-state index in [9.17, 15) is 0 Å². The maximum Gasteiger partial charge on any atom is 0.0543 e. The molecule has 0 unspecified atom stereocenters. The van der Waals surface area contributed by atoms with Gasteiger partial charge in [-0.3, -0.25) is 0 Å². The third kappa shape index (κ3) is 4.90. The number of hydrogen-bond donors (Lipinski definition) is 0. The highest BCUT2D eigenvalue weighted by atomic mass is 32.1. The number of nitrogens with zero attached hydrogens (tertiary/aromatic N) is 2. The monoisotopic (exact) mass is 806 g/mol. The lowest BCUT2D eigenvalue weighted by Crippen LogP contribution is -2.30. The summed E-state index contributed by atoms with van der Waals surface area (Å²) in [5.74, 6) is 0.641. The van der Waals surface area contributed by atoms with Crippen LogP contribution in [-0.2, 0) is 10.8 Å². The molecule has 0 spiro atoms. The van der Waals surface area contributed by atoms with Crippen molar-refractivity contribution in [1.82, 2.24) is 0 Å². The van der Waals surface area contributed by atoms with Crippen molar-refractivity contribution in [3.05, 3.63) is 179 Å². The van der Waals surface area contributed by atoms with Crippen molar-refractivity contribution in [2.24, 2.45) is 0 Å². The molecule has 3 heteroatoms. The van der Waals surface area contributed by atoms with Gasteiger partial charge >= 0.3 is 0 Å². The van der Waals surface area contributed by atoms with Gasteiger partial charge < -0.3 is 9.80 Å². The van der Waals surface area contributed by atoms with Crippen LogP contribution in [0, 0.1) is 0 Å². The molecule has 1 aromatic heterocycles. The summed E-state index contributed by atoms with van der Waals surface area (Å²) < 4.78 is 2.67. The lowest BCUT2D eigenvalue weighted by atomic mass is 9.73. The Morgan fingerprint density at radius 1 is 0.361 bits per heavy atom. The van der Waals surface area contributed by atoms with E-state index in [4.69, 9.17) is 0 Å². The molecule has 0 amide bonds. The standard InChI is InChI=1S/C58H50N2S/c1-33(2)40-30-50(59-47-21-13-10-18-43(47)57(5,6)44-19-11-14-22-48(44)59)38-27-25-37-41(34(3)4)31-51(39-28-26-36(40)55(38)56(37)39)60-49-23-15-12-20-45(49)58(7,8)46-29-42-35-17-9-16-24-53(35)61-54(42)32-52(46)60/h9-34H,1-8H3. The Balaban J connectivity index is 1.21. The van der Waals surface area contributed by atoms with Crippen molar-refractivity contribution < 1.29 is 0 Å². The zero-order valence-electron chi connectivity index (χ0n) is 36.3. The van der Waals surface area contributed by atoms with Crippen LogP contribution >= 0.6 is 11.3 Å². The summed E-state index contributed by atoms with van der Waals surface area (Å²) in [7, 11) is 0. The van der Waals surface area contributed by atoms with Crippen molar-refractivity contribution in [3.63, 3.8) is 0 Å². The summed E-state index contributed by atoms with van der Waals surface area (Å²) >= 11 is 1.91. The van der Waals surface area contributed by atoms with Crippen molar-refractivity contribution >= 4 is 98.0 Å². The third-order valence-electron chi connectivity index (χ3n) is 14.5. The fourth-order valence-electron chi connectivity index (χ4n) is 11.4. The highest BCUT2D eigenvalue weighted by molar-refractivity contribution is 7.25. The first-order valence-electron chi connectivity index (χ1n) is 22.1. The molecule has 12 rings (SSSR count). The number of hydrogen-bond acceptors (Lipinski definition) is 3. The number of para-hydroxylation sites is 3. The molecule has 61 heavy (non-hydrogen) atoms. The maximum atomic E-state index is 2.63. The van der Waals surface area contributed by atoms with Gasteiger partial charge in [0.2, 0.25) is 0 Å². The molecule has 0 fully saturated rings. The fraction of sp³-hybridized carbons (Fsp3) is 0.207. The van der Waals surface area contributed by atoms with E-state index in [-0.39, 0.29) is 10.8 Å². The van der Waals surface area contributed by atoms with Gasteiger partial charge in [0.25, 0.3) is 0 Å². The quantitative estimate of drug-likeness (QED) is 0.163. The molecule has 2 aliphatic heterocycles. The summed E-state index contributed by atoms with van der Waals surface area (Å²) in [4.78, 5) is 5.20. The predicted octanol–water partition coefficient (Wildman–Crippen LogP) is 17.4. The van der Waals surface area contributed by atoms with Gasteiger partial charge in [0.05, 0.1) is 34.1 Å². The Kier molecular flexibility index (Phi) is 7.63. The van der Waals surface area contributed by atoms with Crippen LogP contribution < -0.4 is 9.80 Å². The van der Waals surface area contributed by atoms with Crippen molar-refractivity contribution in [1.29, 1.82) is 0 Å². The second-order valence-electron chi connectivity index (χ2n) is 19.3. The number of thiophene rings is 1. The molecule has 9 aromatic carbocycles. The van der Waals surface area contributed by atoms with Crippen LogP contribution in [0.1, 0.15) is 101 Å². The van der Waals surface area contributed by atoms with E-state index in [1.807, 2.05) is 11.3 Å². The maximum absolute atomic E-state index is 2.63. The average Bonchev–Trinajstić information content (AvgIpc) is 3.63. The van der Waals surface area contributed by atoms with E-state index >= 15 is 0 Å². The molecule has 2 nitrogen and oxygen atoms in total. The minimum atomic E-state index is -0.193. The topological polar surface area (TPSA) is 6.48 Å². The summed E-state index contributed by atoms with van der Waals surface area (Å²) in [5, 5.41) is 10.7. The van der Waals surface area contributed by atoms with Crippen LogP contribution in [0.3, 0.4) is 0 Å². The van der Waals surface area contributed by atoms with Crippen molar-refractivity contribution in [2.75, 3.05) is 9.80 Å². The lowest BCUT2D eigenvalue weighted by Gasteiger charge is -2.43. The minimum absolute atomic E-state index is 0.133. The summed E-state index contributed by atoms with van der Waals surface area (Å²) in [6.45, 7) is 19.0. The van der Waals surface area contributed by atoms with Crippen LogP contribution in [0.2, 0.25) is 0 Å². The number of fused-ring (bicyclic) bond motifs is 7. The van der Waals surface area contributed by atoms with E-state index in [1.54, 1.807) is 0 Å². The molecular formula is C58H50N2S. The third-order valence-corrected chi connectivity index (χ3v) is 15.6. The molecule has 0 saturated heterocycles. The van der Waals surface area contributed by atoms with E-state index in [2.05, 4.69) is 211 Å². The van der Waals surface area contributed by atoms with Crippen molar-refractivity contribution in [2.45, 2.75) is 78.1 Å². The Labute approximate surface area is 363 Å². The lowest BCUT2D eigenvalue weighted by molar-refractivity contribution is 0.632. The molecule has 10 aromatic rings. The van der Waals surface area contributed by atoms with Crippen LogP contribution in [0.15, 0.2) is 146 Å². The molecule has 0 atom stereocenters. The molecule has 0 bridgehead atoms. The highest BCUT2D eigenvalue weighted by Gasteiger charge is 2.40. The molecule has 0 aliphatic carbocycles. The smallest absolute Gasteiger partial charge is 0.0543 e. The number of benzene rings is 9. The normalized spacial score (nSPS) is 15.4. The summed E-state index contributed by atoms with van der Waals surface area (Å²) in [6.07, 6.45) is 0. The summed E-state index contributed by atoms with van der Waals surface area (Å²) in [6, 6.07) is 56.0. The average molecular weight is 807 g/mol. The molecule has 298 valence electrons. The van der Waals surface area contributed by atoms with Gasteiger partial charge in [0.15, 0.2) is 0 Å². The van der Waals surface area contributed by atoms with Crippen LogP contribution in [0.5, 0.6) is 0 Å². The molecule has 0 radical (unpaired) electrons. The van der Waals surface area contributed by atoms with Gasteiger partial charge in [-0.25, -0.2) is 0 Å². The largest absolute Gasteiger partial charge is 0.309 e. The predicted molar refractivity (Wildman–Crippen MR) is 265 cm³/mol. The zero-order valence-corrected chi connectivity index (χ0v) is 37.1. The van der Waals surface area contributed by atoms with Gasteiger partial charge in [-0.1, -0.05) is 152 Å². The van der Waals surface area contributed by atoms with Gasteiger partial charge in [-0.05, 0) is 115 Å². The van der Waals surface area contributed by atoms with Gasteiger partial charge in [-0.2, -0.15) is 0 Å². The van der Waals surface area contributed by atoms with Gasteiger partial charge in [-0.15, -0.1) is 11.3 Å². The second kappa shape index (κ2) is 12.7. The Morgan fingerprint density at radius 3 is 1.30 bits per heavy atom. The Bertz CT molecular complexity index is 3400. The minimum Gasteiger partial charge on any atom is -0.309 e. The van der Waals surface area contributed by atoms with Crippen LogP contribution in [0.4, 0.5) is 34.1 Å². The van der Waals surface area contributed by atoms with Crippen LogP contribution in [-0.4, -0.2) is 0 Å². The molecular weight excluding hydrogens is 757 g/mol. The second-order valence-corrected chi connectivity index (χ2v) is 20.4. The molecule has 3 heterocycles. The summed E-state index contributed by atoms with van der Waals surface area (Å²) in [5.41, 5.74) is 15.4. The number of anilines is 6. The molecule has 2 aliphatic rings. The number of rotatable bonds is 4. The van der Waals surface area contributed by atoms with E-state index < -0.39 is 0 Å². The first-order chi connectivity index (χ1) is 29.4. The first-order valence-corrected chi connectivity index (χ1v) is 22.9. The molecule has 0 saturated carbocycles. The van der Waals surface area contributed by atoms with Crippen LogP contribution in [0.25, 0.3) is 52.5 Å². The van der Waals surface area contributed by atoms with E-state index in [0.717, 1.165) is 0 Å². The SMILES string of the molecule is CC(C)c1cc(N2c3ccccc3C(C)(C)c3ccccc32)c2ccc3c(C(C)C)cc(N4c5ccccc5C(C)(C)c5cc6c(cc54)sc4ccccc46)c4ccc1c2c34. The fourth-order valence-corrected chi connectivity index (χ4v) is 12.6. The van der Waals surface area contributed by atoms with E-state index in [0.29, 0.717) is 11.8 Å². The Morgan fingerprint density at radius 2 is 0.787 bits per heavy atom. The van der Waals surface area contributed by atoms with Crippen molar-refractivity contribution in [3.8, 4) is 0 Å². The first kappa shape index (κ1) is 36.7. The zero-order chi connectivity index (χ0) is 41.7. The molecule has 0 N–H and O–H groups in total. The van der Waals surface area contributed by atoms with Gasteiger partial charge in [0, 0.05) is 41.8 Å². The van der Waals surface area contributed by atoms with Gasteiger partial charge in [0.1, 0.15) is 0 Å². The highest BCUT2D eigenvalue weighted by Crippen LogP contribution is 2.58.